The maximum atomic E-state index is 13.1. The Morgan fingerprint density at radius 3 is 2.62 bits per heavy atom. The molecule has 0 amide bonds. The first-order chi connectivity index (χ1) is 12.6. The lowest BCUT2D eigenvalue weighted by atomic mass is 10.2. The van der Waals surface area contributed by atoms with Crippen LogP contribution in [-0.2, 0) is 0 Å². The van der Waals surface area contributed by atoms with E-state index in [0.717, 1.165) is 5.56 Å². The smallest absolute Gasteiger partial charge is 0.267 e. The van der Waals surface area contributed by atoms with Gasteiger partial charge in [-0.2, -0.15) is 0 Å². The fourth-order valence-corrected chi connectivity index (χ4v) is 2.87. The summed E-state index contributed by atoms with van der Waals surface area (Å²) in [5.41, 5.74) is 1.32. The van der Waals surface area contributed by atoms with E-state index >= 15 is 0 Å². The molecule has 0 N–H and O–H groups in total. The fraction of sp³-hybridized carbons (Fsp3) is 0.0500. The molecule has 4 rings (SSSR count). The second kappa shape index (κ2) is 6.61. The molecule has 6 heteroatoms. The topological polar surface area (TPSA) is 60.9 Å². The van der Waals surface area contributed by atoms with Crippen LogP contribution >= 0.6 is 11.6 Å². The van der Waals surface area contributed by atoms with Gasteiger partial charge in [0.05, 0.1) is 10.9 Å². The highest BCUT2D eigenvalue weighted by Crippen LogP contribution is 2.18. The van der Waals surface area contributed by atoms with Crippen molar-refractivity contribution in [1.82, 2.24) is 14.7 Å². The molecule has 0 saturated heterocycles. The van der Waals surface area contributed by atoms with Crippen LogP contribution in [0.4, 0.5) is 0 Å². The lowest BCUT2D eigenvalue weighted by molar-refractivity contribution is 0.394. The van der Waals surface area contributed by atoms with E-state index in [9.17, 15) is 4.79 Å². The first kappa shape index (κ1) is 16.3. The minimum absolute atomic E-state index is 0.251. The zero-order valence-electron chi connectivity index (χ0n) is 13.9. The molecule has 2 aromatic heterocycles. The van der Waals surface area contributed by atoms with Crippen molar-refractivity contribution in [3.63, 3.8) is 0 Å². The third-order valence-corrected chi connectivity index (χ3v) is 4.16. The summed E-state index contributed by atoms with van der Waals surface area (Å²) >= 11 is 6.05. The van der Waals surface area contributed by atoms with Crippen LogP contribution in [0.3, 0.4) is 0 Å². The molecule has 0 fully saturated rings. The van der Waals surface area contributed by atoms with Crippen LogP contribution in [0.5, 0.6) is 0 Å². The van der Waals surface area contributed by atoms with Gasteiger partial charge in [0.2, 0.25) is 0 Å². The third kappa shape index (κ3) is 3.05. The number of rotatable bonds is 3. The van der Waals surface area contributed by atoms with E-state index in [1.54, 1.807) is 37.3 Å². The Bertz CT molecular complexity index is 1180. The normalized spacial score (nSPS) is 11.5. The monoisotopic (exact) mass is 363 g/mol. The summed E-state index contributed by atoms with van der Waals surface area (Å²) in [6, 6.07) is 16.5. The molecular formula is C20H14ClN3O2. The lowest BCUT2D eigenvalue weighted by Gasteiger charge is -2.08. The number of benzene rings is 2. The summed E-state index contributed by atoms with van der Waals surface area (Å²) in [4.78, 5) is 17.7. The van der Waals surface area contributed by atoms with E-state index in [0.29, 0.717) is 33.3 Å². The highest BCUT2D eigenvalue weighted by atomic mass is 35.5. The van der Waals surface area contributed by atoms with Crippen LogP contribution in [-0.4, -0.2) is 14.7 Å². The SMILES string of the molecule is Cc1cc(-n2c(/C=C/c3ccccc3)nc3ccc(Cl)cc3c2=O)no1. The minimum atomic E-state index is -0.251. The van der Waals surface area contributed by atoms with Crippen molar-refractivity contribution in [2.75, 3.05) is 0 Å². The number of aryl methyl sites for hydroxylation is 1. The first-order valence-electron chi connectivity index (χ1n) is 8.01. The maximum absolute atomic E-state index is 13.1. The molecule has 0 radical (unpaired) electrons. The van der Waals surface area contributed by atoms with E-state index in [1.165, 1.54) is 4.57 Å². The van der Waals surface area contributed by atoms with Crippen molar-refractivity contribution in [3.8, 4) is 5.82 Å². The maximum Gasteiger partial charge on any atom is 0.267 e. The van der Waals surface area contributed by atoms with Crippen LogP contribution < -0.4 is 5.56 Å². The standard InChI is InChI=1S/C20H14ClN3O2/c1-13-11-19(23-26-13)24-18(10-7-14-5-3-2-4-6-14)22-17-9-8-15(21)12-16(17)20(24)25/h2-12H,1H3/b10-7+. The zero-order valence-corrected chi connectivity index (χ0v) is 14.6. The molecule has 2 heterocycles. The van der Waals surface area contributed by atoms with Crippen molar-refractivity contribution in [2.24, 2.45) is 0 Å². The molecule has 0 bridgehead atoms. The molecule has 0 aliphatic heterocycles. The van der Waals surface area contributed by atoms with Crippen LogP contribution in [0.25, 0.3) is 28.9 Å². The molecule has 128 valence electrons. The number of nitrogens with zero attached hydrogens (tertiary/aromatic N) is 3. The van der Waals surface area contributed by atoms with Crippen molar-refractivity contribution in [1.29, 1.82) is 0 Å². The highest BCUT2D eigenvalue weighted by molar-refractivity contribution is 6.31. The molecule has 0 aliphatic rings. The molecule has 0 aliphatic carbocycles. The van der Waals surface area contributed by atoms with E-state index < -0.39 is 0 Å². The van der Waals surface area contributed by atoms with E-state index in [2.05, 4.69) is 10.1 Å². The minimum Gasteiger partial charge on any atom is -0.360 e. The van der Waals surface area contributed by atoms with Gasteiger partial charge in [0.15, 0.2) is 5.82 Å². The van der Waals surface area contributed by atoms with Crippen molar-refractivity contribution < 1.29 is 4.52 Å². The predicted octanol–water partition coefficient (Wildman–Crippen LogP) is 4.51. The van der Waals surface area contributed by atoms with Crippen LogP contribution in [0, 0.1) is 6.92 Å². The Morgan fingerprint density at radius 2 is 1.88 bits per heavy atom. The Balaban J connectivity index is 1.96. The second-order valence-corrected chi connectivity index (χ2v) is 6.25. The Labute approximate surface area is 154 Å². The molecule has 0 unspecified atom stereocenters. The number of hydrogen-bond donors (Lipinski definition) is 0. The molecule has 0 spiro atoms. The molecule has 0 atom stereocenters. The summed E-state index contributed by atoms with van der Waals surface area (Å²) in [5.74, 6) is 1.45. The van der Waals surface area contributed by atoms with Crippen LogP contribution in [0.15, 0.2) is 63.9 Å². The molecule has 4 aromatic rings. The van der Waals surface area contributed by atoms with Gasteiger partial charge in [-0.3, -0.25) is 4.79 Å². The third-order valence-electron chi connectivity index (χ3n) is 3.93. The Kier molecular flexibility index (Phi) is 4.14. The molecule has 2 aromatic carbocycles. The van der Waals surface area contributed by atoms with Gasteiger partial charge < -0.3 is 4.52 Å². The van der Waals surface area contributed by atoms with Crippen molar-refractivity contribution in [2.45, 2.75) is 6.92 Å². The summed E-state index contributed by atoms with van der Waals surface area (Å²) in [7, 11) is 0. The molecular weight excluding hydrogens is 350 g/mol. The quantitative estimate of drug-likeness (QED) is 0.537. The highest BCUT2D eigenvalue weighted by Gasteiger charge is 2.14. The number of aromatic nitrogens is 3. The largest absolute Gasteiger partial charge is 0.360 e. The predicted molar refractivity (Wildman–Crippen MR) is 103 cm³/mol. The van der Waals surface area contributed by atoms with Gasteiger partial charge in [-0.05, 0) is 36.8 Å². The summed E-state index contributed by atoms with van der Waals surface area (Å²) in [6.45, 7) is 1.77. The number of fused-ring (bicyclic) bond motifs is 1. The number of halogens is 1. The van der Waals surface area contributed by atoms with Gasteiger partial charge >= 0.3 is 0 Å². The fourth-order valence-electron chi connectivity index (χ4n) is 2.70. The Morgan fingerprint density at radius 1 is 1.08 bits per heavy atom. The first-order valence-corrected chi connectivity index (χ1v) is 8.39. The number of hydrogen-bond acceptors (Lipinski definition) is 4. The van der Waals surface area contributed by atoms with Crippen molar-refractivity contribution in [3.05, 3.63) is 87.1 Å². The average molecular weight is 364 g/mol. The molecule has 0 saturated carbocycles. The van der Waals surface area contributed by atoms with E-state index in [1.807, 2.05) is 36.4 Å². The molecule has 5 nitrogen and oxygen atoms in total. The van der Waals surface area contributed by atoms with Gasteiger partial charge in [0.1, 0.15) is 11.6 Å². The van der Waals surface area contributed by atoms with Gasteiger partial charge in [-0.15, -0.1) is 0 Å². The van der Waals surface area contributed by atoms with Crippen LogP contribution in [0.1, 0.15) is 17.1 Å². The van der Waals surface area contributed by atoms with Gasteiger partial charge in [-0.1, -0.05) is 53.2 Å². The van der Waals surface area contributed by atoms with Crippen LogP contribution in [0.2, 0.25) is 5.02 Å². The summed E-state index contributed by atoms with van der Waals surface area (Å²) < 4.78 is 6.57. The van der Waals surface area contributed by atoms with Crippen molar-refractivity contribution >= 4 is 34.7 Å². The second-order valence-electron chi connectivity index (χ2n) is 5.81. The van der Waals surface area contributed by atoms with E-state index in [4.69, 9.17) is 16.1 Å². The summed E-state index contributed by atoms with van der Waals surface area (Å²) in [5, 5.41) is 4.88. The Hall–Kier alpha value is -3.18. The molecule has 26 heavy (non-hydrogen) atoms. The van der Waals surface area contributed by atoms with E-state index in [-0.39, 0.29) is 5.56 Å². The van der Waals surface area contributed by atoms with Gasteiger partial charge in [-0.25, -0.2) is 9.55 Å². The average Bonchev–Trinajstić information content (AvgIpc) is 3.07. The van der Waals surface area contributed by atoms with Gasteiger partial charge in [0, 0.05) is 11.1 Å². The lowest BCUT2D eigenvalue weighted by Crippen LogP contribution is -2.22. The van der Waals surface area contributed by atoms with Gasteiger partial charge in [0.25, 0.3) is 5.56 Å². The summed E-state index contributed by atoms with van der Waals surface area (Å²) in [6.07, 6.45) is 3.68. The zero-order chi connectivity index (χ0) is 18.1.